The van der Waals surface area contributed by atoms with Gasteiger partial charge in [0.05, 0.1) is 11.4 Å². The van der Waals surface area contributed by atoms with Crippen molar-refractivity contribution >= 4 is 34.2 Å². The molecule has 2 heterocycles. The molecular weight excluding hydrogens is 532 g/mol. The molecule has 0 saturated heterocycles. The summed E-state index contributed by atoms with van der Waals surface area (Å²) in [7, 11) is 0. The predicted octanol–water partition coefficient (Wildman–Crippen LogP) is 11.7. The van der Waals surface area contributed by atoms with Gasteiger partial charge in [0.2, 0.25) is 0 Å². The zero-order chi connectivity index (χ0) is 29.3. The average Bonchev–Trinajstić information content (AvgIpc) is 3.50. The van der Waals surface area contributed by atoms with Gasteiger partial charge >= 0.3 is 0 Å². The van der Waals surface area contributed by atoms with Crippen LogP contribution >= 0.6 is 0 Å². The van der Waals surface area contributed by atoms with Gasteiger partial charge in [-0.25, -0.2) is 0 Å². The molecule has 6 aromatic rings. The Morgan fingerprint density at radius 3 is 2.14 bits per heavy atom. The largest absolute Gasteiger partial charge is 0.316 e. The van der Waals surface area contributed by atoms with Crippen molar-refractivity contribution in [2.45, 2.75) is 38.5 Å². The van der Waals surface area contributed by atoms with Crippen LogP contribution in [0.4, 0.5) is 17.1 Å². The van der Waals surface area contributed by atoms with Gasteiger partial charge in [0.25, 0.3) is 0 Å². The second-order valence-corrected chi connectivity index (χ2v) is 12.0. The molecule has 214 valence electrons. The third-order valence-electron chi connectivity index (χ3n) is 9.23. The van der Waals surface area contributed by atoms with Crippen molar-refractivity contribution in [3.63, 3.8) is 0 Å². The number of aryl methyl sites for hydroxylation is 1. The second kappa shape index (κ2) is 11.5. The van der Waals surface area contributed by atoms with Crippen LogP contribution in [0.15, 0.2) is 140 Å². The zero-order valence-corrected chi connectivity index (χ0v) is 25.0. The lowest BCUT2D eigenvalue weighted by Gasteiger charge is -2.29. The molecule has 2 aliphatic carbocycles. The van der Waals surface area contributed by atoms with Crippen LogP contribution in [0.25, 0.3) is 39.6 Å². The van der Waals surface area contributed by atoms with E-state index in [0.717, 1.165) is 18.5 Å². The number of rotatable bonds is 6. The van der Waals surface area contributed by atoms with Gasteiger partial charge in [-0.2, -0.15) is 0 Å². The highest BCUT2D eigenvalue weighted by Gasteiger charge is 2.20. The number of anilines is 3. The van der Waals surface area contributed by atoms with E-state index < -0.39 is 0 Å². The summed E-state index contributed by atoms with van der Waals surface area (Å²) >= 11 is 0. The minimum absolute atomic E-state index is 1.09. The van der Waals surface area contributed by atoms with Gasteiger partial charge < -0.3 is 9.30 Å². The summed E-state index contributed by atoms with van der Waals surface area (Å²) in [4.78, 5) is 2.44. The van der Waals surface area contributed by atoms with E-state index in [2.05, 4.69) is 155 Å². The van der Waals surface area contributed by atoms with Crippen molar-refractivity contribution in [1.29, 1.82) is 0 Å². The lowest BCUT2D eigenvalue weighted by molar-refractivity contribution is 0.742. The van der Waals surface area contributed by atoms with E-state index in [0.29, 0.717) is 0 Å². The molecule has 0 N–H and O–H groups in total. The highest BCUT2D eigenvalue weighted by atomic mass is 15.1. The summed E-state index contributed by atoms with van der Waals surface area (Å²) in [6, 6.07) is 44.6. The zero-order valence-electron chi connectivity index (χ0n) is 25.0. The molecule has 0 radical (unpaired) electrons. The molecule has 0 atom stereocenters. The van der Waals surface area contributed by atoms with Crippen LogP contribution in [0.1, 0.15) is 48.8 Å². The van der Waals surface area contributed by atoms with E-state index in [1.165, 1.54) is 87.2 Å². The third kappa shape index (κ3) is 4.87. The van der Waals surface area contributed by atoms with Crippen molar-refractivity contribution in [2.24, 2.45) is 0 Å². The Bertz CT molecular complexity index is 1990. The standard InChI is InChI=1S/C42H36N2/c1-3-12-31(13-4-1)32-21-25-36(26-22-32)44(41-20-11-17-33-16-7-8-19-39(33)41)37-27-23-35(24-28-37)42-40(34-14-5-2-6-15-34)30-38-18-9-10-29-43(38)42/h2,5-6,8-12,14-15,17-30H,1,3-4,7,13,16H2. The van der Waals surface area contributed by atoms with Crippen LogP contribution in [0.3, 0.4) is 0 Å². The van der Waals surface area contributed by atoms with Crippen LogP contribution in [-0.4, -0.2) is 4.40 Å². The Morgan fingerprint density at radius 2 is 1.36 bits per heavy atom. The molecule has 2 aromatic heterocycles. The maximum atomic E-state index is 2.44. The summed E-state index contributed by atoms with van der Waals surface area (Å²) in [5.74, 6) is 0. The molecule has 44 heavy (non-hydrogen) atoms. The summed E-state index contributed by atoms with van der Waals surface area (Å²) in [5.41, 5.74) is 15.3. The number of benzene rings is 4. The topological polar surface area (TPSA) is 7.65 Å². The fourth-order valence-corrected chi connectivity index (χ4v) is 7.02. The van der Waals surface area contributed by atoms with Crippen molar-refractivity contribution in [1.82, 2.24) is 4.40 Å². The first-order valence-corrected chi connectivity index (χ1v) is 16.0. The van der Waals surface area contributed by atoms with Gasteiger partial charge in [-0.3, -0.25) is 0 Å². The number of aromatic nitrogens is 1. The van der Waals surface area contributed by atoms with Crippen molar-refractivity contribution in [3.05, 3.63) is 156 Å². The molecule has 2 nitrogen and oxygen atoms in total. The first kappa shape index (κ1) is 26.5. The van der Waals surface area contributed by atoms with Crippen LogP contribution in [0, 0.1) is 0 Å². The number of hydrogen-bond donors (Lipinski definition) is 0. The summed E-state index contributed by atoms with van der Waals surface area (Å²) in [6.45, 7) is 0. The number of pyridine rings is 1. The first-order chi connectivity index (χ1) is 21.8. The van der Waals surface area contributed by atoms with E-state index in [1.807, 2.05) is 0 Å². The molecule has 0 fully saturated rings. The number of allylic oxidation sites excluding steroid dienone is 3. The molecule has 0 bridgehead atoms. The van der Waals surface area contributed by atoms with E-state index >= 15 is 0 Å². The highest BCUT2D eigenvalue weighted by Crippen LogP contribution is 2.42. The molecule has 8 rings (SSSR count). The smallest absolute Gasteiger partial charge is 0.0607 e. The molecule has 0 amide bonds. The van der Waals surface area contributed by atoms with E-state index in [-0.39, 0.29) is 0 Å². The fourth-order valence-electron chi connectivity index (χ4n) is 7.02. The Hall–Kier alpha value is -5.08. The Morgan fingerprint density at radius 1 is 0.591 bits per heavy atom. The van der Waals surface area contributed by atoms with Crippen LogP contribution in [-0.2, 0) is 6.42 Å². The van der Waals surface area contributed by atoms with E-state index in [4.69, 9.17) is 0 Å². The Kier molecular flexibility index (Phi) is 6.96. The minimum atomic E-state index is 1.09. The monoisotopic (exact) mass is 568 g/mol. The molecule has 0 aliphatic heterocycles. The van der Waals surface area contributed by atoms with E-state index in [1.54, 1.807) is 0 Å². The van der Waals surface area contributed by atoms with E-state index in [9.17, 15) is 0 Å². The van der Waals surface area contributed by atoms with Gasteiger partial charge in [0.1, 0.15) is 0 Å². The predicted molar refractivity (Wildman–Crippen MR) is 187 cm³/mol. The fraction of sp³-hybridized carbons (Fsp3) is 0.143. The number of nitrogens with zero attached hydrogens (tertiary/aromatic N) is 2. The number of fused-ring (bicyclic) bond motifs is 2. The maximum Gasteiger partial charge on any atom is 0.0607 e. The Balaban J connectivity index is 1.24. The quantitative estimate of drug-likeness (QED) is 0.194. The van der Waals surface area contributed by atoms with Crippen molar-refractivity contribution in [3.8, 4) is 22.4 Å². The molecule has 2 heteroatoms. The summed E-state index contributed by atoms with van der Waals surface area (Å²) < 4.78 is 2.31. The van der Waals surface area contributed by atoms with Gasteiger partial charge in [-0.1, -0.05) is 91.0 Å². The van der Waals surface area contributed by atoms with Crippen LogP contribution < -0.4 is 4.90 Å². The molecule has 0 unspecified atom stereocenters. The molecule has 4 aromatic carbocycles. The molecular formula is C42H36N2. The molecule has 2 aliphatic rings. The lowest BCUT2D eigenvalue weighted by atomic mass is 9.93. The molecule has 0 saturated carbocycles. The van der Waals surface area contributed by atoms with Crippen molar-refractivity contribution < 1.29 is 0 Å². The SMILES string of the molecule is C1=Cc2c(cccc2N(c2ccc(C3=CCCCC3)cc2)c2ccc(-c3c(-c4ccccc4)cc4ccccn34)cc2)CC1. The minimum Gasteiger partial charge on any atom is -0.316 e. The maximum absolute atomic E-state index is 2.44. The lowest BCUT2D eigenvalue weighted by Crippen LogP contribution is -2.13. The normalized spacial score (nSPS) is 14.3. The third-order valence-corrected chi connectivity index (χ3v) is 9.23. The molecule has 0 spiro atoms. The average molecular weight is 569 g/mol. The van der Waals surface area contributed by atoms with Crippen LogP contribution in [0.2, 0.25) is 0 Å². The van der Waals surface area contributed by atoms with Crippen LogP contribution in [0.5, 0.6) is 0 Å². The first-order valence-electron chi connectivity index (χ1n) is 16.0. The Labute approximate surface area is 260 Å². The van der Waals surface area contributed by atoms with Gasteiger partial charge in [-0.05, 0) is 115 Å². The number of hydrogen-bond acceptors (Lipinski definition) is 1. The highest BCUT2D eigenvalue weighted by molar-refractivity contribution is 5.89. The van der Waals surface area contributed by atoms with Gasteiger partial charge in [0.15, 0.2) is 0 Å². The van der Waals surface area contributed by atoms with Gasteiger partial charge in [0, 0.05) is 34.2 Å². The summed E-state index contributed by atoms with van der Waals surface area (Å²) in [6.07, 6.45) is 16.4. The van der Waals surface area contributed by atoms with Gasteiger partial charge in [-0.15, -0.1) is 0 Å². The van der Waals surface area contributed by atoms with Crippen molar-refractivity contribution in [2.75, 3.05) is 4.90 Å². The summed E-state index contributed by atoms with van der Waals surface area (Å²) in [5, 5.41) is 0. The second-order valence-electron chi connectivity index (χ2n) is 12.0.